The number of esters is 1. The molecule has 5 heteroatoms. The summed E-state index contributed by atoms with van der Waals surface area (Å²) >= 11 is 0. The number of nitrogens with one attached hydrogen (secondary N) is 1. The monoisotopic (exact) mass is 209 g/mol. The van der Waals surface area contributed by atoms with Crippen LogP contribution in [0.2, 0.25) is 0 Å². The number of nitrogens with two attached hydrogens (primary N) is 1. The molecule has 15 heavy (non-hydrogen) atoms. The first kappa shape index (κ1) is 11.3. The van der Waals surface area contributed by atoms with E-state index in [-0.39, 0.29) is 12.4 Å². The maximum Gasteiger partial charge on any atom is 0.309 e. The molecular formula is C10H15N3O2. The van der Waals surface area contributed by atoms with Gasteiger partial charge in [-0.15, -0.1) is 0 Å². The van der Waals surface area contributed by atoms with Crippen LogP contribution < -0.4 is 5.73 Å². The van der Waals surface area contributed by atoms with E-state index < -0.39 is 0 Å². The summed E-state index contributed by atoms with van der Waals surface area (Å²) in [7, 11) is 0. The van der Waals surface area contributed by atoms with Gasteiger partial charge in [0.2, 0.25) is 0 Å². The molecule has 0 atom stereocenters. The molecule has 0 radical (unpaired) electrons. The Kier molecular flexibility index (Phi) is 3.91. The number of ether oxygens (including phenoxy) is 1. The number of anilines is 1. The third kappa shape index (κ3) is 3.12. The highest BCUT2D eigenvalue weighted by atomic mass is 16.5. The van der Waals surface area contributed by atoms with Gasteiger partial charge >= 0.3 is 5.97 Å². The molecule has 0 bridgehead atoms. The lowest BCUT2D eigenvalue weighted by Crippen LogP contribution is -2.01. The largest absolute Gasteiger partial charge is 0.466 e. The number of hydrogen-bond donors (Lipinski definition) is 2. The van der Waals surface area contributed by atoms with Gasteiger partial charge in [0.25, 0.3) is 0 Å². The molecule has 1 rings (SSSR count). The number of carbonyl (C=O) groups excluding carboxylic acids is 1. The molecule has 0 aliphatic rings. The molecule has 0 saturated heterocycles. The van der Waals surface area contributed by atoms with Gasteiger partial charge in [-0.25, -0.2) is 0 Å². The molecule has 5 nitrogen and oxygen atoms in total. The van der Waals surface area contributed by atoms with Crippen molar-refractivity contribution >= 4 is 17.9 Å². The number of nitrogens with zero attached hydrogens (tertiary/aromatic N) is 1. The van der Waals surface area contributed by atoms with Gasteiger partial charge in [-0.2, -0.15) is 5.10 Å². The van der Waals surface area contributed by atoms with E-state index in [4.69, 9.17) is 10.5 Å². The highest BCUT2D eigenvalue weighted by Gasteiger charge is 2.03. The number of carbonyl (C=O) groups is 1. The van der Waals surface area contributed by atoms with Crippen LogP contribution in [0, 0.1) is 6.92 Å². The molecule has 0 spiro atoms. The van der Waals surface area contributed by atoms with Gasteiger partial charge < -0.3 is 10.5 Å². The Morgan fingerprint density at radius 1 is 1.67 bits per heavy atom. The van der Waals surface area contributed by atoms with E-state index in [9.17, 15) is 4.79 Å². The Labute approximate surface area is 88.3 Å². The van der Waals surface area contributed by atoms with Crippen LogP contribution in [0.15, 0.2) is 6.08 Å². The molecule has 0 saturated carbocycles. The first-order valence-corrected chi connectivity index (χ1v) is 4.77. The fraction of sp³-hybridized carbons (Fsp3) is 0.400. The first-order valence-electron chi connectivity index (χ1n) is 4.77. The minimum atomic E-state index is -0.242. The Balaban J connectivity index is 2.55. The van der Waals surface area contributed by atoms with Gasteiger partial charge in [0.15, 0.2) is 5.82 Å². The van der Waals surface area contributed by atoms with Crippen molar-refractivity contribution in [1.82, 2.24) is 10.2 Å². The Morgan fingerprint density at radius 2 is 2.40 bits per heavy atom. The van der Waals surface area contributed by atoms with Crippen LogP contribution in [0.3, 0.4) is 0 Å². The maximum absolute atomic E-state index is 11.0. The van der Waals surface area contributed by atoms with E-state index in [0.717, 1.165) is 11.3 Å². The van der Waals surface area contributed by atoms with Gasteiger partial charge in [0.1, 0.15) is 0 Å². The van der Waals surface area contributed by atoms with Gasteiger partial charge in [-0.3, -0.25) is 9.89 Å². The summed E-state index contributed by atoms with van der Waals surface area (Å²) in [6.07, 6.45) is 3.73. The molecule has 0 amide bonds. The fourth-order valence-electron chi connectivity index (χ4n) is 1.16. The van der Waals surface area contributed by atoms with Gasteiger partial charge in [0, 0.05) is 11.3 Å². The normalized spacial score (nSPS) is 10.8. The smallest absolute Gasteiger partial charge is 0.309 e. The summed E-state index contributed by atoms with van der Waals surface area (Å²) in [6, 6.07) is 0. The molecule has 0 aliphatic heterocycles. The number of H-pyrrole nitrogens is 1. The van der Waals surface area contributed by atoms with Gasteiger partial charge in [-0.05, 0) is 13.8 Å². The summed E-state index contributed by atoms with van der Waals surface area (Å²) < 4.78 is 4.78. The summed E-state index contributed by atoms with van der Waals surface area (Å²) in [5, 5.41) is 6.59. The van der Waals surface area contributed by atoms with Crippen molar-refractivity contribution in [2.24, 2.45) is 0 Å². The second kappa shape index (κ2) is 5.19. The van der Waals surface area contributed by atoms with Crippen molar-refractivity contribution in [2.75, 3.05) is 12.3 Å². The lowest BCUT2D eigenvalue weighted by molar-refractivity contribution is -0.142. The quantitative estimate of drug-likeness (QED) is 0.731. The Bertz CT molecular complexity index is 349. The van der Waals surface area contributed by atoms with E-state index in [1.165, 1.54) is 0 Å². The third-order valence-electron chi connectivity index (χ3n) is 1.90. The highest BCUT2D eigenvalue weighted by Crippen LogP contribution is 2.14. The van der Waals surface area contributed by atoms with Crippen LogP contribution in [-0.2, 0) is 9.53 Å². The summed E-state index contributed by atoms with van der Waals surface area (Å²) in [5.74, 6) is 0.195. The van der Waals surface area contributed by atoms with Crippen molar-refractivity contribution in [2.45, 2.75) is 20.3 Å². The van der Waals surface area contributed by atoms with Crippen LogP contribution in [0.4, 0.5) is 5.82 Å². The van der Waals surface area contributed by atoms with Gasteiger partial charge in [0.05, 0.1) is 13.0 Å². The van der Waals surface area contributed by atoms with Crippen LogP contribution in [0.5, 0.6) is 0 Å². The van der Waals surface area contributed by atoms with E-state index in [0.29, 0.717) is 12.4 Å². The number of aromatic nitrogens is 2. The SMILES string of the molecule is CCOC(=O)CC=Cc1c(N)n[nH]c1C. The van der Waals surface area contributed by atoms with Crippen molar-refractivity contribution in [3.8, 4) is 0 Å². The van der Waals surface area contributed by atoms with Crippen LogP contribution in [0.1, 0.15) is 24.6 Å². The number of nitrogen functional groups attached to an aromatic ring is 1. The van der Waals surface area contributed by atoms with Crippen molar-refractivity contribution < 1.29 is 9.53 Å². The fourth-order valence-corrected chi connectivity index (χ4v) is 1.16. The third-order valence-corrected chi connectivity index (χ3v) is 1.90. The predicted octanol–water partition coefficient (Wildman–Crippen LogP) is 1.27. The summed E-state index contributed by atoms with van der Waals surface area (Å²) in [4.78, 5) is 11.0. The summed E-state index contributed by atoms with van der Waals surface area (Å²) in [5.41, 5.74) is 7.31. The number of aryl methyl sites for hydroxylation is 1. The topological polar surface area (TPSA) is 81.0 Å². The predicted molar refractivity (Wildman–Crippen MR) is 58.0 cm³/mol. The number of aromatic amines is 1. The molecule has 0 unspecified atom stereocenters. The molecule has 0 aromatic carbocycles. The molecule has 0 fully saturated rings. The Hall–Kier alpha value is -1.78. The van der Waals surface area contributed by atoms with Crippen molar-refractivity contribution in [3.63, 3.8) is 0 Å². The average molecular weight is 209 g/mol. The molecule has 1 heterocycles. The van der Waals surface area contributed by atoms with Crippen molar-refractivity contribution in [1.29, 1.82) is 0 Å². The first-order chi connectivity index (χ1) is 7.15. The van der Waals surface area contributed by atoms with Crippen LogP contribution in [-0.4, -0.2) is 22.8 Å². The Morgan fingerprint density at radius 3 is 2.93 bits per heavy atom. The zero-order valence-electron chi connectivity index (χ0n) is 8.91. The van der Waals surface area contributed by atoms with Crippen LogP contribution >= 0.6 is 0 Å². The van der Waals surface area contributed by atoms with Crippen LogP contribution in [0.25, 0.3) is 6.08 Å². The number of hydrogen-bond acceptors (Lipinski definition) is 4. The lowest BCUT2D eigenvalue weighted by atomic mass is 10.2. The molecule has 3 N–H and O–H groups in total. The molecule has 82 valence electrons. The minimum absolute atomic E-state index is 0.242. The number of rotatable bonds is 4. The maximum atomic E-state index is 11.0. The van der Waals surface area contributed by atoms with E-state index in [1.807, 2.05) is 6.92 Å². The molecule has 1 aromatic rings. The van der Waals surface area contributed by atoms with Gasteiger partial charge in [-0.1, -0.05) is 12.2 Å². The average Bonchev–Trinajstić information content (AvgIpc) is 2.49. The van der Waals surface area contributed by atoms with E-state index in [2.05, 4.69) is 10.2 Å². The minimum Gasteiger partial charge on any atom is -0.466 e. The van der Waals surface area contributed by atoms with E-state index >= 15 is 0 Å². The second-order valence-corrected chi connectivity index (χ2v) is 3.06. The lowest BCUT2D eigenvalue weighted by Gasteiger charge is -1.96. The van der Waals surface area contributed by atoms with Crippen molar-refractivity contribution in [3.05, 3.63) is 17.3 Å². The summed E-state index contributed by atoms with van der Waals surface area (Å²) in [6.45, 7) is 4.05. The zero-order valence-corrected chi connectivity index (χ0v) is 8.91. The zero-order chi connectivity index (χ0) is 11.3. The molecular weight excluding hydrogens is 194 g/mol. The van der Waals surface area contributed by atoms with E-state index in [1.54, 1.807) is 19.1 Å². The second-order valence-electron chi connectivity index (χ2n) is 3.06. The highest BCUT2D eigenvalue weighted by molar-refractivity contribution is 5.73. The standard InChI is InChI=1S/C10H15N3O2/c1-3-15-9(14)6-4-5-8-7(2)12-13-10(8)11/h4-5H,3,6H2,1-2H3,(H3,11,12,13). The molecule has 1 aromatic heterocycles. The molecule has 0 aliphatic carbocycles.